The summed E-state index contributed by atoms with van der Waals surface area (Å²) in [5, 5.41) is 11.6. The first-order valence-electron chi connectivity index (χ1n) is 13.7. The number of hydrogen-bond donors (Lipinski definition) is 1. The Bertz CT molecular complexity index is 1590. The minimum absolute atomic E-state index is 0.157. The Morgan fingerprint density at radius 2 is 2.00 bits per heavy atom. The molecule has 0 saturated carbocycles. The van der Waals surface area contributed by atoms with Crippen molar-refractivity contribution in [2.75, 3.05) is 25.5 Å². The molecule has 5 heterocycles. The highest BCUT2D eigenvalue weighted by Crippen LogP contribution is 2.35. The van der Waals surface area contributed by atoms with Crippen LogP contribution in [-0.2, 0) is 11.2 Å². The van der Waals surface area contributed by atoms with Crippen molar-refractivity contribution in [2.45, 2.75) is 58.9 Å². The molecule has 0 aromatic carbocycles. The number of likely N-dealkylation sites (N-methyl/N-ethyl adjacent to an activating group) is 1. The van der Waals surface area contributed by atoms with E-state index in [1.54, 1.807) is 18.7 Å². The highest BCUT2D eigenvalue weighted by atomic mass is 19.1. The number of anilines is 1. The Labute approximate surface area is 238 Å². The lowest BCUT2D eigenvalue weighted by molar-refractivity contribution is -0.133. The normalized spacial score (nSPS) is 17.0. The van der Waals surface area contributed by atoms with Crippen LogP contribution in [0.1, 0.15) is 55.8 Å². The van der Waals surface area contributed by atoms with Crippen LogP contribution in [-0.4, -0.2) is 61.7 Å². The number of hydrogen-bond acceptors (Lipinski definition) is 9. The molecule has 0 spiro atoms. The summed E-state index contributed by atoms with van der Waals surface area (Å²) in [5.74, 6) is 0.556. The third-order valence-corrected chi connectivity index (χ3v) is 7.57. The van der Waals surface area contributed by atoms with Crippen molar-refractivity contribution in [3.05, 3.63) is 65.1 Å². The van der Waals surface area contributed by atoms with E-state index in [0.717, 1.165) is 47.4 Å². The number of halogens is 1. The third-order valence-electron chi connectivity index (χ3n) is 7.57. The molecule has 0 aliphatic carbocycles. The van der Waals surface area contributed by atoms with Crippen LogP contribution < -0.4 is 10.1 Å². The van der Waals surface area contributed by atoms with Crippen LogP contribution in [0.3, 0.4) is 0 Å². The quantitative estimate of drug-likeness (QED) is 0.314. The maximum Gasteiger partial charge on any atom is 0.266 e. The zero-order valence-corrected chi connectivity index (χ0v) is 24.2. The van der Waals surface area contributed by atoms with E-state index < -0.39 is 17.3 Å². The summed E-state index contributed by atoms with van der Waals surface area (Å²) < 4.78 is 25.3. The molecule has 2 atom stereocenters. The number of nitrogens with one attached hydrogen (secondary N) is 1. The maximum absolute atomic E-state index is 14.6. The smallest absolute Gasteiger partial charge is 0.266 e. The van der Waals surface area contributed by atoms with Crippen LogP contribution in [0.2, 0.25) is 0 Å². The number of carbonyl (C=O) groups is 1. The maximum atomic E-state index is 14.6. The first kappa shape index (κ1) is 28.1. The SMILES string of the molecule is CCN(C[C@@]1(C)CCc2cc(-c3cccc(-c4nnc(C)o4)n3)c(C)nc2N1)C(=O)[C@H](C)c1cc(OC)ncc1F. The molecule has 10 nitrogen and oxygen atoms in total. The number of nitrogens with zero attached hydrogens (tertiary/aromatic N) is 6. The lowest BCUT2D eigenvalue weighted by Crippen LogP contribution is -2.51. The van der Waals surface area contributed by atoms with E-state index in [-0.39, 0.29) is 17.4 Å². The summed E-state index contributed by atoms with van der Waals surface area (Å²) in [7, 11) is 1.46. The fourth-order valence-corrected chi connectivity index (χ4v) is 5.24. The van der Waals surface area contributed by atoms with Crippen molar-refractivity contribution in [1.29, 1.82) is 0 Å². The summed E-state index contributed by atoms with van der Waals surface area (Å²) in [6, 6.07) is 9.30. The predicted molar refractivity (Wildman–Crippen MR) is 152 cm³/mol. The second kappa shape index (κ2) is 11.2. The molecule has 5 rings (SSSR count). The predicted octanol–water partition coefficient (Wildman–Crippen LogP) is 5.12. The van der Waals surface area contributed by atoms with Gasteiger partial charge in [-0.05, 0) is 64.3 Å². The third kappa shape index (κ3) is 5.75. The summed E-state index contributed by atoms with van der Waals surface area (Å²) in [6.07, 6.45) is 2.66. The van der Waals surface area contributed by atoms with E-state index in [2.05, 4.69) is 33.5 Å². The van der Waals surface area contributed by atoms with Crippen LogP contribution in [0.5, 0.6) is 5.88 Å². The zero-order chi connectivity index (χ0) is 29.3. The zero-order valence-electron chi connectivity index (χ0n) is 24.2. The molecule has 0 bridgehead atoms. The minimum Gasteiger partial charge on any atom is -0.481 e. The number of ether oxygens (including phenoxy) is 1. The lowest BCUT2D eigenvalue weighted by Gasteiger charge is -2.40. The molecular formula is C30H34FN7O3. The van der Waals surface area contributed by atoms with E-state index in [1.807, 2.05) is 32.0 Å². The number of aromatic nitrogens is 5. The van der Waals surface area contributed by atoms with Gasteiger partial charge in [0.05, 0.1) is 30.5 Å². The monoisotopic (exact) mass is 559 g/mol. The van der Waals surface area contributed by atoms with Gasteiger partial charge in [0.25, 0.3) is 5.89 Å². The first-order valence-corrected chi connectivity index (χ1v) is 13.7. The number of aryl methyl sites for hydroxylation is 3. The van der Waals surface area contributed by atoms with Gasteiger partial charge in [-0.2, -0.15) is 0 Å². The minimum atomic E-state index is -0.686. The Morgan fingerprint density at radius 1 is 1.22 bits per heavy atom. The largest absolute Gasteiger partial charge is 0.481 e. The van der Waals surface area contributed by atoms with E-state index in [4.69, 9.17) is 19.1 Å². The Morgan fingerprint density at radius 3 is 2.71 bits per heavy atom. The molecule has 1 amide bonds. The average molecular weight is 560 g/mol. The Kier molecular flexibility index (Phi) is 7.70. The molecule has 11 heteroatoms. The summed E-state index contributed by atoms with van der Waals surface area (Å²) in [6.45, 7) is 10.4. The molecule has 214 valence electrons. The van der Waals surface area contributed by atoms with Gasteiger partial charge in [-0.3, -0.25) is 4.79 Å². The molecule has 0 unspecified atom stereocenters. The van der Waals surface area contributed by atoms with Crippen molar-refractivity contribution >= 4 is 11.7 Å². The summed E-state index contributed by atoms with van der Waals surface area (Å²) in [5.41, 5.74) is 4.07. The van der Waals surface area contributed by atoms with E-state index in [0.29, 0.717) is 30.6 Å². The Hall–Kier alpha value is -4.41. The fourth-order valence-electron chi connectivity index (χ4n) is 5.24. The highest BCUT2D eigenvalue weighted by molar-refractivity contribution is 5.83. The number of methoxy groups -OCH3 is 1. The van der Waals surface area contributed by atoms with Crippen molar-refractivity contribution in [1.82, 2.24) is 30.0 Å². The fraction of sp³-hybridized carbons (Fsp3) is 0.400. The molecule has 1 aliphatic heterocycles. The van der Waals surface area contributed by atoms with Crippen molar-refractivity contribution < 1.29 is 18.3 Å². The highest BCUT2D eigenvalue weighted by Gasteiger charge is 2.35. The van der Waals surface area contributed by atoms with Gasteiger partial charge in [-0.25, -0.2) is 19.3 Å². The summed E-state index contributed by atoms with van der Waals surface area (Å²) in [4.78, 5) is 28.8. The molecule has 4 aromatic rings. The molecule has 0 fully saturated rings. The average Bonchev–Trinajstić information content (AvgIpc) is 3.41. The molecule has 0 radical (unpaired) electrons. The topological polar surface area (TPSA) is 119 Å². The molecule has 41 heavy (non-hydrogen) atoms. The number of pyridine rings is 3. The lowest BCUT2D eigenvalue weighted by atomic mass is 9.87. The standard InChI is InChI=1S/C30H34FN7O3/c1-7-38(29(39)17(2)21-14-26(40-6)32-15-23(21)31)16-30(5)12-11-20-13-22(18(3)33-27(20)35-30)24-9-8-10-25(34-24)28-37-36-19(4)41-28/h8-10,13-15,17H,7,11-12,16H2,1-6H3,(H,33,35)/t17-,30-/m1/s1. The van der Waals surface area contributed by atoms with Crippen molar-refractivity contribution in [3.63, 3.8) is 0 Å². The van der Waals surface area contributed by atoms with Crippen LogP contribution in [0.4, 0.5) is 10.2 Å². The Balaban J connectivity index is 1.35. The van der Waals surface area contributed by atoms with Crippen LogP contribution >= 0.6 is 0 Å². The number of carbonyl (C=O) groups excluding carboxylic acids is 1. The second-order valence-corrected chi connectivity index (χ2v) is 10.7. The van der Waals surface area contributed by atoms with Crippen LogP contribution in [0.25, 0.3) is 22.8 Å². The number of fused-ring (bicyclic) bond motifs is 1. The van der Waals surface area contributed by atoms with Gasteiger partial charge in [0.15, 0.2) is 0 Å². The molecule has 1 aliphatic rings. The van der Waals surface area contributed by atoms with Gasteiger partial charge in [0.1, 0.15) is 17.3 Å². The molecule has 4 aromatic heterocycles. The van der Waals surface area contributed by atoms with Gasteiger partial charge in [0.2, 0.25) is 17.7 Å². The van der Waals surface area contributed by atoms with Gasteiger partial charge in [0, 0.05) is 42.9 Å². The van der Waals surface area contributed by atoms with Gasteiger partial charge >= 0.3 is 0 Å². The molecular weight excluding hydrogens is 525 g/mol. The first-order chi connectivity index (χ1) is 19.6. The number of amides is 1. The van der Waals surface area contributed by atoms with Crippen molar-refractivity contribution in [2.24, 2.45) is 0 Å². The second-order valence-electron chi connectivity index (χ2n) is 10.7. The molecule has 1 N–H and O–H groups in total. The van der Waals surface area contributed by atoms with Gasteiger partial charge < -0.3 is 19.4 Å². The van der Waals surface area contributed by atoms with Gasteiger partial charge in [-0.15, -0.1) is 10.2 Å². The summed E-state index contributed by atoms with van der Waals surface area (Å²) >= 11 is 0. The van der Waals surface area contributed by atoms with E-state index >= 15 is 0 Å². The van der Waals surface area contributed by atoms with E-state index in [9.17, 15) is 9.18 Å². The van der Waals surface area contributed by atoms with E-state index in [1.165, 1.54) is 13.2 Å². The van der Waals surface area contributed by atoms with Crippen LogP contribution in [0, 0.1) is 19.7 Å². The van der Waals surface area contributed by atoms with Crippen molar-refractivity contribution in [3.8, 4) is 28.7 Å². The van der Waals surface area contributed by atoms with Gasteiger partial charge in [-0.1, -0.05) is 6.07 Å². The number of rotatable bonds is 8. The van der Waals surface area contributed by atoms with Crippen LogP contribution in [0.15, 0.2) is 40.9 Å². The molecule has 0 saturated heterocycles.